The third-order valence-corrected chi connectivity index (χ3v) is 6.81. The van der Waals surface area contributed by atoms with E-state index in [0.29, 0.717) is 28.2 Å². The number of nitrogens with one attached hydrogen (secondary N) is 1. The minimum Gasteiger partial charge on any atom is -0.467 e. The van der Waals surface area contributed by atoms with E-state index in [2.05, 4.69) is 10.3 Å². The summed E-state index contributed by atoms with van der Waals surface area (Å²) in [5, 5.41) is 14.5. The Morgan fingerprint density at radius 3 is 2.81 bits per heavy atom. The molecule has 2 amide bonds. The molecule has 0 aliphatic carbocycles. The lowest BCUT2D eigenvalue weighted by molar-refractivity contribution is -0.384. The number of hydrogen-bond donors (Lipinski definition) is 1. The van der Waals surface area contributed by atoms with Crippen molar-refractivity contribution in [2.24, 2.45) is 9.98 Å². The van der Waals surface area contributed by atoms with Crippen molar-refractivity contribution in [1.82, 2.24) is 10.2 Å². The van der Waals surface area contributed by atoms with Crippen molar-refractivity contribution in [2.75, 3.05) is 0 Å². The number of furan rings is 1. The molecule has 36 heavy (non-hydrogen) atoms. The Kier molecular flexibility index (Phi) is 6.63. The molecule has 0 spiro atoms. The lowest BCUT2D eigenvalue weighted by atomic mass is 10.1. The van der Waals surface area contributed by atoms with E-state index in [1.807, 2.05) is 30.3 Å². The first-order valence-electron chi connectivity index (χ1n) is 11.2. The molecule has 1 unspecified atom stereocenters. The Morgan fingerprint density at radius 1 is 1.14 bits per heavy atom. The van der Waals surface area contributed by atoms with E-state index in [0.717, 1.165) is 11.1 Å². The summed E-state index contributed by atoms with van der Waals surface area (Å²) >= 11 is 1.37. The standard InChI is InChI=1S/C25H21N5O5S/c31-22(26-14-18-7-4-12-35-18)11-10-21-24(32)28-23-19-8-1-2-9-20(19)27-25(29(21)23)36-15-16-5-3-6-17(13-16)30(33)34/h1-9,12-13,21H,10-11,14-15H2,(H,26,31). The van der Waals surface area contributed by atoms with Crippen LogP contribution in [0.3, 0.4) is 0 Å². The van der Waals surface area contributed by atoms with Crippen LogP contribution in [0, 0.1) is 10.1 Å². The van der Waals surface area contributed by atoms with Crippen LogP contribution in [0.1, 0.15) is 29.7 Å². The fourth-order valence-corrected chi connectivity index (χ4v) is 5.03. The zero-order valence-corrected chi connectivity index (χ0v) is 19.8. The predicted octanol–water partition coefficient (Wildman–Crippen LogP) is 4.18. The first-order valence-corrected chi connectivity index (χ1v) is 12.2. The molecule has 0 saturated heterocycles. The summed E-state index contributed by atoms with van der Waals surface area (Å²) in [5.74, 6) is 1.03. The molecule has 0 bridgehead atoms. The largest absolute Gasteiger partial charge is 0.467 e. The lowest BCUT2D eigenvalue weighted by Gasteiger charge is -2.31. The summed E-state index contributed by atoms with van der Waals surface area (Å²) in [6.07, 6.45) is 1.92. The van der Waals surface area contributed by atoms with Gasteiger partial charge in [0.15, 0.2) is 5.17 Å². The molecular weight excluding hydrogens is 482 g/mol. The molecule has 2 aliphatic heterocycles. The minimum absolute atomic E-state index is 0.0149. The first kappa shape index (κ1) is 23.5. The van der Waals surface area contributed by atoms with Crippen molar-refractivity contribution < 1.29 is 18.9 Å². The maximum atomic E-state index is 12.9. The van der Waals surface area contributed by atoms with E-state index in [1.54, 1.807) is 23.1 Å². The fraction of sp³-hybridized carbons (Fsp3) is 0.200. The van der Waals surface area contributed by atoms with Gasteiger partial charge in [0, 0.05) is 29.9 Å². The van der Waals surface area contributed by atoms with E-state index in [1.165, 1.54) is 30.2 Å². The number of non-ortho nitro benzene ring substituents is 1. The maximum Gasteiger partial charge on any atom is 0.270 e. The molecular formula is C25H21N5O5S. The summed E-state index contributed by atoms with van der Waals surface area (Å²) in [5.41, 5.74) is 2.21. The molecule has 182 valence electrons. The van der Waals surface area contributed by atoms with Crippen molar-refractivity contribution >= 4 is 46.0 Å². The second kappa shape index (κ2) is 10.2. The number of carbonyl (C=O) groups excluding carboxylic acids is 2. The van der Waals surface area contributed by atoms with E-state index < -0.39 is 11.0 Å². The molecule has 1 atom stereocenters. The van der Waals surface area contributed by atoms with Gasteiger partial charge in [-0.3, -0.25) is 24.6 Å². The molecule has 11 heteroatoms. The lowest BCUT2D eigenvalue weighted by Crippen LogP contribution is -2.44. The highest BCUT2D eigenvalue weighted by Crippen LogP contribution is 2.36. The summed E-state index contributed by atoms with van der Waals surface area (Å²) in [7, 11) is 0. The van der Waals surface area contributed by atoms with Crippen LogP contribution in [0.15, 0.2) is 81.3 Å². The molecule has 1 aromatic heterocycles. The number of thioether (sulfide) groups is 1. The molecule has 10 nitrogen and oxygen atoms in total. The Bertz CT molecular complexity index is 1380. The van der Waals surface area contributed by atoms with E-state index >= 15 is 0 Å². The van der Waals surface area contributed by atoms with Crippen molar-refractivity contribution in [3.8, 4) is 0 Å². The highest BCUT2D eigenvalue weighted by molar-refractivity contribution is 8.13. The van der Waals surface area contributed by atoms with Crippen LogP contribution >= 0.6 is 11.8 Å². The topological polar surface area (TPSA) is 130 Å². The molecule has 0 fully saturated rings. The number of amides is 2. The molecule has 3 heterocycles. The molecule has 2 aromatic carbocycles. The summed E-state index contributed by atoms with van der Waals surface area (Å²) < 4.78 is 5.23. The molecule has 0 saturated carbocycles. The van der Waals surface area contributed by atoms with Crippen LogP contribution in [0.2, 0.25) is 0 Å². The maximum absolute atomic E-state index is 12.9. The number of benzene rings is 2. The Hall–Kier alpha value is -4.25. The highest BCUT2D eigenvalue weighted by Gasteiger charge is 2.41. The SMILES string of the molecule is O=C(CCC1C(=O)N=C2c3ccccc3N=C(SCc3cccc([N+](=O)[O-])c3)N21)NCc1ccco1. The van der Waals surface area contributed by atoms with E-state index in [-0.39, 0.29) is 36.9 Å². The average molecular weight is 504 g/mol. The number of rotatable bonds is 8. The number of para-hydroxylation sites is 1. The number of fused-ring (bicyclic) bond motifs is 3. The minimum atomic E-state index is -0.668. The van der Waals surface area contributed by atoms with Gasteiger partial charge < -0.3 is 9.73 Å². The number of hydrogen-bond acceptors (Lipinski definition) is 8. The molecule has 3 aromatic rings. The van der Waals surface area contributed by atoms with Crippen molar-refractivity contribution in [1.29, 1.82) is 0 Å². The van der Waals surface area contributed by atoms with Gasteiger partial charge in [0.2, 0.25) is 5.91 Å². The number of nitrogens with zero attached hydrogens (tertiary/aromatic N) is 4. The smallest absolute Gasteiger partial charge is 0.270 e. The second-order valence-electron chi connectivity index (χ2n) is 8.18. The second-order valence-corrected chi connectivity index (χ2v) is 9.12. The van der Waals surface area contributed by atoms with Crippen LogP contribution in [0.25, 0.3) is 0 Å². The van der Waals surface area contributed by atoms with Gasteiger partial charge in [0.25, 0.3) is 11.6 Å². The van der Waals surface area contributed by atoms with Gasteiger partial charge in [-0.25, -0.2) is 4.99 Å². The summed E-state index contributed by atoms with van der Waals surface area (Å²) in [4.78, 5) is 46.9. The molecule has 1 N–H and O–H groups in total. The van der Waals surface area contributed by atoms with Gasteiger partial charge >= 0.3 is 0 Å². The van der Waals surface area contributed by atoms with Gasteiger partial charge in [-0.05, 0) is 36.2 Å². The monoisotopic (exact) mass is 503 g/mol. The average Bonchev–Trinajstić information content (AvgIpc) is 3.52. The van der Waals surface area contributed by atoms with Gasteiger partial charge in [-0.15, -0.1) is 0 Å². The summed E-state index contributed by atoms with van der Waals surface area (Å²) in [6.45, 7) is 0.273. The Morgan fingerprint density at radius 2 is 2.00 bits per heavy atom. The first-order chi connectivity index (χ1) is 17.5. The molecule has 5 rings (SSSR count). The molecule has 2 aliphatic rings. The highest BCUT2D eigenvalue weighted by atomic mass is 32.2. The van der Waals surface area contributed by atoms with Crippen LogP contribution in [0.5, 0.6) is 0 Å². The Balaban J connectivity index is 1.33. The van der Waals surface area contributed by atoms with Crippen molar-refractivity contribution in [3.05, 3.63) is 93.9 Å². The number of amidine groups is 2. The van der Waals surface area contributed by atoms with E-state index in [4.69, 9.17) is 9.41 Å². The van der Waals surface area contributed by atoms with E-state index in [9.17, 15) is 19.7 Å². The zero-order chi connectivity index (χ0) is 25.1. The normalized spacial score (nSPS) is 16.2. The number of carbonyl (C=O) groups is 2. The fourth-order valence-electron chi connectivity index (χ4n) is 4.04. The van der Waals surface area contributed by atoms with Gasteiger partial charge in [0.1, 0.15) is 17.6 Å². The zero-order valence-electron chi connectivity index (χ0n) is 19.0. The van der Waals surface area contributed by atoms with Crippen molar-refractivity contribution in [3.63, 3.8) is 0 Å². The number of nitro groups is 1. The third kappa shape index (κ3) is 4.91. The predicted molar refractivity (Wildman–Crippen MR) is 135 cm³/mol. The van der Waals surface area contributed by atoms with Crippen LogP contribution in [0.4, 0.5) is 11.4 Å². The molecule has 0 radical (unpaired) electrons. The van der Waals surface area contributed by atoms with Crippen LogP contribution in [-0.2, 0) is 21.9 Å². The quantitative estimate of drug-likeness (QED) is 0.360. The van der Waals surface area contributed by atoms with Crippen molar-refractivity contribution in [2.45, 2.75) is 31.2 Å². The van der Waals surface area contributed by atoms with Crippen LogP contribution in [-0.4, -0.2) is 38.7 Å². The van der Waals surface area contributed by atoms with Gasteiger partial charge in [-0.1, -0.05) is 36.0 Å². The number of nitro benzene ring substituents is 1. The van der Waals surface area contributed by atoms with Gasteiger partial charge in [0.05, 0.1) is 23.4 Å². The Labute approximate surface area is 210 Å². The van der Waals surface area contributed by atoms with Gasteiger partial charge in [-0.2, -0.15) is 4.99 Å². The number of aliphatic imine (C=N–C) groups is 2. The third-order valence-electron chi connectivity index (χ3n) is 5.78. The summed E-state index contributed by atoms with van der Waals surface area (Å²) in [6, 6.07) is 16.7. The van der Waals surface area contributed by atoms with Crippen LogP contribution < -0.4 is 5.32 Å².